The third kappa shape index (κ3) is 2.87. The molecule has 26 heavy (non-hydrogen) atoms. The smallest absolute Gasteiger partial charge is 0.255 e. The second kappa shape index (κ2) is 5.93. The number of nitrogens with one attached hydrogen (secondary N) is 2. The van der Waals surface area contributed by atoms with Gasteiger partial charge in [-0.15, -0.1) is 0 Å². The number of aromatic nitrogens is 4. The highest BCUT2D eigenvalue weighted by atomic mass is 16.2. The molecule has 2 N–H and O–H groups in total. The molecule has 2 aliphatic rings. The summed E-state index contributed by atoms with van der Waals surface area (Å²) in [5, 5.41) is 7.53. The number of rotatable bonds is 3. The van der Waals surface area contributed by atoms with Crippen molar-refractivity contribution in [3.63, 3.8) is 0 Å². The van der Waals surface area contributed by atoms with E-state index in [-0.39, 0.29) is 17.0 Å². The van der Waals surface area contributed by atoms with Crippen molar-refractivity contribution in [1.82, 2.24) is 25.1 Å². The van der Waals surface area contributed by atoms with Gasteiger partial charge in [-0.25, -0.2) is 9.67 Å². The molecule has 1 saturated carbocycles. The molecule has 7 heteroatoms. The Hall–Kier alpha value is -2.70. The van der Waals surface area contributed by atoms with Gasteiger partial charge in [-0.3, -0.25) is 14.6 Å². The van der Waals surface area contributed by atoms with E-state index in [2.05, 4.69) is 33.4 Å². The van der Waals surface area contributed by atoms with Crippen LogP contribution in [-0.4, -0.2) is 31.2 Å². The number of amides is 1. The summed E-state index contributed by atoms with van der Waals surface area (Å²) in [7, 11) is 0. The van der Waals surface area contributed by atoms with Crippen molar-refractivity contribution in [1.29, 1.82) is 0 Å². The number of aromatic amines is 1. The van der Waals surface area contributed by atoms with Crippen LogP contribution in [0.2, 0.25) is 0 Å². The summed E-state index contributed by atoms with van der Waals surface area (Å²) in [4.78, 5) is 31.6. The maximum atomic E-state index is 12.9. The van der Waals surface area contributed by atoms with Crippen LogP contribution >= 0.6 is 0 Å². The van der Waals surface area contributed by atoms with E-state index in [0.717, 1.165) is 25.7 Å². The zero-order chi connectivity index (χ0) is 18.5. The Labute approximate surface area is 151 Å². The first-order valence-electron chi connectivity index (χ1n) is 8.99. The van der Waals surface area contributed by atoms with E-state index in [1.165, 1.54) is 16.3 Å². The summed E-state index contributed by atoms with van der Waals surface area (Å²) in [6, 6.07) is 1.42. The predicted molar refractivity (Wildman–Crippen MR) is 97.4 cm³/mol. The van der Waals surface area contributed by atoms with Crippen LogP contribution < -0.4 is 10.9 Å². The summed E-state index contributed by atoms with van der Waals surface area (Å²) in [6.07, 6.45) is 7.81. The fourth-order valence-corrected chi connectivity index (χ4v) is 4.38. The molecular weight excluding hydrogens is 330 g/mol. The molecule has 4 rings (SSSR count). The van der Waals surface area contributed by atoms with Crippen LogP contribution in [0.1, 0.15) is 54.4 Å². The Morgan fingerprint density at radius 2 is 2.23 bits per heavy atom. The molecular formula is C19H23N5O2. The highest BCUT2D eigenvalue weighted by Crippen LogP contribution is 2.43. The van der Waals surface area contributed by atoms with Gasteiger partial charge in [0.15, 0.2) is 0 Å². The minimum absolute atomic E-state index is 0.118. The summed E-state index contributed by atoms with van der Waals surface area (Å²) in [5.74, 6) is 0.788. The quantitative estimate of drug-likeness (QED) is 0.827. The van der Waals surface area contributed by atoms with Gasteiger partial charge in [0.25, 0.3) is 11.5 Å². The molecule has 1 amide bonds. The zero-order valence-corrected chi connectivity index (χ0v) is 15.3. The molecule has 0 aromatic carbocycles. The standard InChI is InChI=1S/C19H23N5O2/c1-11-6-14-4-5-19(8-11,9-14)23-17(26)15-10-20-24(13(15)3)18-21-12(2)7-16(25)22-18/h4,7,10-11H,5-6,8-9H2,1-3H3,(H,23,26)(H,21,22,25). The molecule has 2 bridgehead atoms. The first-order valence-corrected chi connectivity index (χ1v) is 8.99. The SMILES string of the molecule is Cc1cc(=O)[nH]c(-n2ncc(C(=O)NC34CC=C(CC(C)C3)C4)c2C)n1. The van der Waals surface area contributed by atoms with Crippen molar-refractivity contribution in [3.8, 4) is 5.95 Å². The Morgan fingerprint density at radius 3 is 3.00 bits per heavy atom. The second-order valence-electron chi connectivity index (χ2n) is 7.76. The fraction of sp³-hybridized carbons (Fsp3) is 0.474. The lowest BCUT2D eigenvalue weighted by atomic mass is 9.77. The van der Waals surface area contributed by atoms with Gasteiger partial charge in [0.05, 0.1) is 17.5 Å². The average Bonchev–Trinajstić information content (AvgIpc) is 3.06. The predicted octanol–water partition coefficient (Wildman–Crippen LogP) is 2.19. The van der Waals surface area contributed by atoms with E-state index < -0.39 is 0 Å². The van der Waals surface area contributed by atoms with Crippen LogP contribution in [0.25, 0.3) is 5.95 Å². The summed E-state index contributed by atoms with van der Waals surface area (Å²) >= 11 is 0. The van der Waals surface area contributed by atoms with E-state index in [1.54, 1.807) is 13.1 Å². The third-order valence-electron chi connectivity index (χ3n) is 5.39. The van der Waals surface area contributed by atoms with Gasteiger partial charge >= 0.3 is 0 Å². The molecule has 0 spiro atoms. The number of nitrogens with zero attached hydrogens (tertiary/aromatic N) is 3. The highest BCUT2D eigenvalue weighted by molar-refractivity contribution is 5.95. The lowest BCUT2D eigenvalue weighted by Gasteiger charge is -2.37. The molecule has 2 aliphatic carbocycles. The molecule has 7 nitrogen and oxygen atoms in total. The molecule has 0 aliphatic heterocycles. The minimum Gasteiger partial charge on any atom is -0.346 e. The van der Waals surface area contributed by atoms with Gasteiger partial charge in [0, 0.05) is 17.3 Å². The zero-order valence-electron chi connectivity index (χ0n) is 15.3. The second-order valence-corrected chi connectivity index (χ2v) is 7.76. The minimum atomic E-state index is -0.243. The normalized spacial score (nSPS) is 24.4. The van der Waals surface area contributed by atoms with Gasteiger partial charge < -0.3 is 5.32 Å². The monoisotopic (exact) mass is 353 g/mol. The van der Waals surface area contributed by atoms with Crippen molar-refractivity contribution in [2.75, 3.05) is 0 Å². The largest absolute Gasteiger partial charge is 0.346 e. The number of carbonyl (C=O) groups is 1. The van der Waals surface area contributed by atoms with E-state index in [0.29, 0.717) is 28.8 Å². The topological polar surface area (TPSA) is 92.7 Å². The van der Waals surface area contributed by atoms with Gasteiger partial charge in [-0.1, -0.05) is 18.6 Å². The van der Waals surface area contributed by atoms with Crippen molar-refractivity contribution in [2.24, 2.45) is 5.92 Å². The van der Waals surface area contributed by atoms with Gasteiger partial charge in [-0.05, 0) is 45.4 Å². The lowest BCUT2D eigenvalue weighted by Crippen LogP contribution is -2.49. The molecule has 0 saturated heterocycles. The van der Waals surface area contributed by atoms with E-state index in [4.69, 9.17) is 0 Å². The Kier molecular flexibility index (Phi) is 3.82. The first kappa shape index (κ1) is 16.8. The van der Waals surface area contributed by atoms with Crippen LogP contribution in [0.4, 0.5) is 0 Å². The third-order valence-corrected chi connectivity index (χ3v) is 5.39. The Morgan fingerprint density at radius 1 is 1.42 bits per heavy atom. The number of carbonyl (C=O) groups excluding carboxylic acids is 1. The van der Waals surface area contributed by atoms with Crippen molar-refractivity contribution in [2.45, 2.75) is 52.0 Å². The summed E-state index contributed by atoms with van der Waals surface area (Å²) in [5.41, 5.74) is 2.82. The van der Waals surface area contributed by atoms with E-state index in [9.17, 15) is 9.59 Å². The molecule has 2 heterocycles. The van der Waals surface area contributed by atoms with Crippen molar-refractivity contribution >= 4 is 5.91 Å². The van der Waals surface area contributed by atoms with Gasteiger partial charge in [0.1, 0.15) is 0 Å². The average molecular weight is 353 g/mol. The van der Waals surface area contributed by atoms with Crippen LogP contribution in [0, 0.1) is 19.8 Å². The van der Waals surface area contributed by atoms with Gasteiger partial charge in [-0.2, -0.15) is 5.10 Å². The molecule has 2 atom stereocenters. The van der Waals surface area contributed by atoms with Crippen LogP contribution in [0.5, 0.6) is 0 Å². The number of H-pyrrole nitrogens is 1. The molecule has 0 radical (unpaired) electrons. The van der Waals surface area contributed by atoms with Crippen LogP contribution in [0.3, 0.4) is 0 Å². The molecule has 2 unspecified atom stereocenters. The molecule has 2 aromatic heterocycles. The van der Waals surface area contributed by atoms with Crippen LogP contribution in [0.15, 0.2) is 28.7 Å². The first-order chi connectivity index (χ1) is 12.3. The Bertz CT molecular complexity index is 971. The maximum absolute atomic E-state index is 12.9. The molecule has 1 fully saturated rings. The number of hydrogen-bond acceptors (Lipinski definition) is 4. The Balaban J connectivity index is 1.60. The number of aryl methyl sites for hydroxylation is 1. The van der Waals surface area contributed by atoms with Crippen molar-refractivity contribution < 1.29 is 4.79 Å². The molecule has 136 valence electrons. The lowest BCUT2D eigenvalue weighted by molar-refractivity contribution is 0.0879. The summed E-state index contributed by atoms with van der Waals surface area (Å²) < 4.78 is 1.50. The van der Waals surface area contributed by atoms with Crippen LogP contribution in [-0.2, 0) is 0 Å². The van der Waals surface area contributed by atoms with E-state index in [1.807, 2.05) is 6.92 Å². The maximum Gasteiger partial charge on any atom is 0.255 e. The van der Waals surface area contributed by atoms with Crippen molar-refractivity contribution in [3.05, 3.63) is 51.2 Å². The van der Waals surface area contributed by atoms with E-state index >= 15 is 0 Å². The highest BCUT2D eigenvalue weighted by Gasteiger charge is 2.41. The van der Waals surface area contributed by atoms with Gasteiger partial charge in [0.2, 0.25) is 5.95 Å². The number of fused-ring (bicyclic) bond motifs is 2. The fourth-order valence-electron chi connectivity index (χ4n) is 4.38. The molecule has 2 aromatic rings. The summed E-state index contributed by atoms with van der Waals surface area (Å²) in [6.45, 7) is 5.80. The number of hydrogen-bond donors (Lipinski definition) is 2.